The minimum absolute atomic E-state index is 0.0417. The third kappa shape index (κ3) is 4.98. The van der Waals surface area contributed by atoms with E-state index >= 15 is 0 Å². The van der Waals surface area contributed by atoms with E-state index in [1.807, 2.05) is 0 Å². The quantitative estimate of drug-likeness (QED) is 0.226. The molecule has 3 aromatic rings. The molecule has 1 aliphatic heterocycles. The lowest BCUT2D eigenvalue weighted by Crippen LogP contribution is -2.57. The van der Waals surface area contributed by atoms with Crippen LogP contribution in [0.4, 0.5) is 0 Å². The number of carbonyl (C=O) groups is 1. The average molecular weight is 514 g/mol. The van der Waals surface area contributed by atoms with E-state index in [1.165, 1.54) is 55.6 Å². The molecule has 0 aromatic heterocycles. The van der Waals surface area contributed by atoms with Crippen LogP contribution in [0.15, 0.2) is 54.6 Å². The first-order valence-electron chi connectivity index (χ1n) is 11.2. The number of benzene rings is 3. The van der Waals surface area contributed by atoms with Crippen molar-refractivity contribution in [3.63, 3.8) is 0 Å². The summed E-state index contributed by atoms with van der Waals surface area (Å²) in [6.45, 7) is -0.693. The first kappa shape index (κ1) is 26.0. The van der Waals surface area contributed by atoms with Crippen LogP contribution in [0.25, 0.3) is 0 Å². The van der Waals surface area contributed by atoms with E-state index in [4.69, 9.17) is 14.2 Å². The van der Waals surface area contributed by atoms with Crippen LogP contribution in [0.1, 0.15) is 27.6 Å². The summed E-state index contributed by atoms with van der Waals surface area (Å²) in [5, 5.41) is 72.1. The fraction of sp³-hybridized carbons (Fsp3) is 0.269. The van der Waals surface area contributed by atoms with Crippen molar-refractivity contribution in [2.24, 2.45) is 0 Å². The second kappa shape index (κ2) is 10.5. The molecule has 7 N–H and O–H groups in total. The lowest BCUT2D eigenvalue weighted by atomic mass is 9.88. The number of aliphatic hydroxyl groups is 3. The number of methoxy groups -OCH3 is 1. The highest BCUT2D eigenvalue weighted by molar-refractivity contribution is 6.13. The van der Waals surface area contributed by atoms with Crippen molar-refractivity contribution in [1.82, 2.24) is 0 Å². The predicted molar refractivity (Wildman–Crippen MR) is 127 cm³/mol. The average Bonchev–Trinajstić information content (AvgIpc) is 2.88. The molecule has 4 rings (SSSR count). The van der Waals surface area contributed by atoms with Crippen molar-refractivity contribution in [3.05, 3.63) is 71.3 Å². The van der Waals surface area contributed by atoms with E-state index in [0.717, 1.165) is 6.07 Å². The minimum atomic E-state index is -1.64. The number of aliphatic hydroxyl groups excluding tert-OH is 3. The van der Waals surface area contributed by atoms with Crippen LogP contribution in [0.2, 0.25) is 0 Å². The van der Waals surface area contributed by atoms with Crippen molar-refractivity contribution < 1.29 is 54.8 Å². The molecule has 0 aliphatic carbocycles. The molecule has 11 nitrogen and oxygen atoms in total. The molecule has 0 spiro atoms. The zero-order chi connectivity index (χ0) is 26.9. The van der Waals surface area contributed by atoms with Crippen LogP contribution >= 0.6 is 0 Å². The third-order valence-electron chi connectivity index (χ3n) is 6.12. The number of ether oxygens (including phenoxy) is 3. The normalized spacial score (nSPS) is 23.4. The van der Waals surface area contributed by atoms with Crippen molar-refractivity contribution in [3.8, 4) is 34.5 Å². The van der Waals surface area contributed by atoms with E-state index in [-0.39, 0.29) is 34.1 Å². The Hall–Kier alpha value is -4.03. The number of carbonyl (C=O) groups excluding carboxylic acids is 1. The Labute approximate surface area is 211 Å². The monoisotopic (exact) mass is 514 g/mol. The van der Waals surface area contributed by atoms with Crippen LogP contribution in [0, 0.1) is 0 Å². The number of phenols is 4. The summed E-state index contributed by atoms with van der Waals surface area (Å²) in [6, 6.07) is 11.7. The van der Waals surface area contributed by atoms with Crippen molar-refractivity contribution in [2.75, 3.05) is 13.7 Å². The molecule has 1 aliphatic rings. The molecule has 11 heteroatoms. The van der Waals surface area contributed by atoms with E-state index in [9.17, 15) is 40.5 Å². The van der Waals surface area contributed by atoms with Crippen LogP contribution < -0.4 is 9.47 Å². The fourth-order valence-electron chi connectivity index (χ4n) is 4.21. The maximum absolute atomic E-state index is 13.2. The molecule has 0 bridgehead atoms. The number of rotatable bonds is 7. The summed E-state index contributed by atoms with van der Waals surface area (Å²) >= 11 is 0. The number of ketones is 1. The summed E-state index contributed by atoms with van der Waals surface area (Å²) < 4.78 is 17.0. The second-order valence-electron chi connectivity index (χ2n) is 8.45. The number of phenolic OH excluding ortho intramolecular Hbond substituents is 4. The molecule has 0 unspecified atom stereocenters. The van der Waals surface area contributed by atoms with Gasteiger partial charge in [0.1, 0.15) is 64.5 Å². The molecule has 0 saturated carbocycles. The first-order chi connectivity index (χ1) is 17.7. The fourth-order valence-corrected chi connectivity index (χ4v) is 4.21. The summed E-state index contributed by atoms with van der Waals surface area (Å²) in [5.41, 5.74) is -0.644. The Morgan fingerprint density at radius 2 is 1.51 bits per heavy atom. The van der Waals surface area contributed by atoms with Gasteiger partial charge in [0.15, 0.2) is 6.10 Å². The molecule has 1 heterocycles. The van der Waals surface area contributed by atoms with Gasteiger partial charge in [-0.1, -0.05) is 0 Å². The Morgan fingerprint density at radius 3 is 2.08 bits per heavy atom. The lowest BCUT2D eigenvalue weighted by Gasteiger charge is -2.42. The number of hydrogen-bond donors (Lipinski definition) is 7. The smallest absolute Gasteiger partial charge is 0.200 e. The molecular weight excluding hydrogens is 488 g/mol. The minimum Gasteiger partial charge on any atom is -0.508 e. The molecule has 5 atom stereocenters. The van der Waals surface area contributed by atoms with Crippen molar-refractivity contribution in [2.45, 2.75) is 30.5 Å². The van der Waals surface area contributed by atoms with E-state index in [2.05, 4.69) is 0 Å². The molecule has 3 aromatic carbocycles. The molecular formula is C26H26O11. The largest absolute Gasteiger partial charge is 0.508 e. The summed E-state index contributed by atoms with van der Waals surface area (Å²) in [5.74, 6) is -2.22. The van der Waals surface area contributed by atoms with Gasteiger partial charge in [0, 0.05) is 11.6 Å². The molecule has 0 radical (unpaired) electrons. The van der Waals surface area contributed by atoms with Crippen molar-refractivity contribution >= 4 is 5.78 Å². The van der Waals surface area contributed by atoms with Gasteiger partial charge in [0.25, 0.3) is 0 Å². The zero-order valence-corrected chi connectivity index (χ0v) is 19.6. The Balaban J connectivity index is 1.85. The van der Waals surface area contributed by atoms with Gasteiger partial charge in [-0.05, 0) is 48.5 Å². The molecule has 1 fully saturated rings. The van der Waals surface area contributed by atoms with Crippen LogP contribution in [-0.2, 0) is 4.74 Å². The van der Waals surface area contributed by atoms with Gasteiger partial charge in [0.2, 0.25) is 5.78 Å². The highest BCUT2D eigenvalue weighted by Gasteiger charge is 2.49. The van der Waals surface area contributed by atoms with Gasteiger partial charge >= 0.3 is 0 Å². The molecule has 0 amide bonds. The van der Waals surface area contributed by atoms with Crippen molar-refractivity contribution in [1.29, 1.82) is 0 Å². The summed E-state index contributed by atoms with van der Waals surface area (Å²) in [6.07, 6.45) is -7.33. The Morgan fingerprint density at radius 1 is 0.919 bits per heavy atom. The Kier molecular flexibility index (Phi) is 7.41. The van der Waals surface area contributed by atoms with Gasteiger partial charge in [0.05, 0.1) is 19.3 Å². The van der Waals surface area contributed by atoms with Crippen LogP contribution in [0.3, 0.4) is 0 Å². The second-order valence-corrected chi connectivity index (χ2v) is 8.45. The number of aromatic hydroxyl groups is 4. The van der Waals surface area contributed by atoms with E-state index in [0.29, 0.717) is 0 Å². The number of hydrogen-bond acceptors (Lipinski definition) is 11. The summed E-state index contributed by atoms with van der Waals surface area (Å²) in [7, 11) is 1.24. The van der Waals surface area contributed by atoms with Gasteiger partial charge in [-0.15, -0.1) is 0 Å². The van der Waals surface area contributed by atoms with Crippen LogP contribution in [0.5, 0.6) is 34.5 Å². The van der Waals surface area contributed by atoms with Gasteiger partial charge < -0.3 is 50.0 Å². The van der Waals surface area contributed by atoms with Crippen LogP contribution in [-0.4, -0.2) is 79.7 Å². The maximum Gasteiger partial charge on any atom is 0.200 e. The molecule has 196 valence electrons. The highest BCUT2D eigenvalue weighted by atomic mass is 16.6. The summed E-state index contributed by atoms with van der Waals surface area (Å²) in [4.78, 5) is 13.2. The predicted octanol–water partition coefficient (Wildman–Crippen LogP) is 1.35. The zero-order valence-electron chi connectivity index (χ0n) is 19.6. The molecule has 37 heavy (non-hydrogen) atoms. The van der Waals surface area contributed by atoms with E-state index < -0.39 is 60.0 Å². The SMILES string of the molecule is COc1cc(O)c(C(=O)c2ccc(O)cc2)c(O)c1[C@@H]1O[C@H](CO)[C@@H](O)[C@H](O)[C@H]1Oc1ccc(O)cc1. The lowest BCUT2D eigenvalue weighted by molar-refractivity contribution is -0.225. The van der Waals surface area contributed by atoms with E-state index in [1.54, 1.807) is 0 Å². The standard InChI is InChI=1S/C26H26O11/c1-35-17-10-16(30)19(21(31)12-2-4-13(28)5-3-12)23(33)20(17)25-26(24(34)22(32)18(11-27)37-25)36-15-8-6-14(29)7-9-15/h2-10,18,22,24-30,32-34H,11H2,1H3/t18-,22-,24+,25+,26-/m1/s1. The Bertz CT molecular complexity index is 1260. The molecule has 1 saturated heterocycles. The van der Waals surface area contributed by atoms with Gasteiger partial charge in [-0.25, -0.2) is 0 Å². The topological polar surface area (TPSA) is 186 Å². The van der Waals surface area contributed by atoms with Gasteiger partial charge in [-0.3, -0.25) is 4.79 Å². The first-order valence-corrected chi connectivity index (χ1v) is 11.2. The third-order valence-corrected chi connectivity index (χ3v) is 6.12. The highest BCUT2D eigenvalue weighted by Crippen LogP contribution is 2.47. The van der Waals surface area contributed by atoms with Gasteiger partial charge in [-0.2, -0.15) is 0 Å². The maximum atomic E-state index is 13.2.